The van der Waals surface area contributed by atoms with Gasteiger partial charge >= 0.3 is 0 Å². The van der Waals surface area contributed by atoms with Gasteiger partial charge in [0, 0.05) is 25.3 Å². The molecular formula is C30H46ClN7O3S. The molecule has 0 radical (unpaired) electrons. The van der Waals surface area contributed by atoms with Crippen LogP contribution in [0.1, 0.15) is 74.1 Å². The highest BCUT2D eigenvalue weighted by Gasteiger charge is 2.33. The molecule has 2 aromatic heterocycles. The third kappa shape index (κ3) is 7.65. The fourth-order valence-corrected chi connectivity index (χ4v) is 7.03. The molecule has 4 rings (SSSR count). The fraction of sp³-hybridized carbons (Fsp3) is 0.633. The molecule has 12 heteroatoms. The number of nitrogens with one attached hydrogen (secondary N) is 3. The first kappa shape index (κ1) is 32.3. The molecule has 2 unspecified atom stereocenters. The summed E-state index contributed by atoms with van der Waals surface area (Å²) in [6, 6.07) is 1.11. The van der Waals surface area contributed by atoms with Gasteiger partial charge in [-0.1, -0.05) is 38.4 Å². The summed E-state index contributed by atoms with van der Waals surface area (Å²) in [5.74, 6) is 2.67. The molecule has 2 atom stereocenters. The number of rotatable bonds is 11. The number of aromatic nitrogens is 4. The Morgan fingerprint density at radius 1 is 1.05 bits per heavy atom. The molecular weight excluding hydrogens is 574 g/mol. The van der Waals surface area contributed by atoms with Crippen molar-refractivity contribution in [1.82, 2.24) is 25.1 Å². The highest BCUT2D eigenvalue weighted by atomic mass is 35.5. The first-order valence-electron chi connectivity index (χ1n) is 14.9. The monoisotopic (exact) mass is 619 g/mol. The van der Waals surface area contributed by atoms with Crippen molar-refractivity contribution in [2.45, 2.75) is 103 Å². The molecule has 0 saturated heterocycles. The first-order valence-corrected chi connectivity index (χ1v) is 16.9. The summed E-state index contributed by atoms with van der Waals surface area (Å²) in [7, 11) is -1.97. The summed E-state index contributed by atoms with van der Waals surface area (Å²) >= 11 is 6.44. The Morgan fingerprint density at radius 3 is 2.36 bits per heavy atom. The molecule has 2 aromatic rings. The molecule has 0 bridgehead atoms. The molecule has 0 aromatic carbocycles. The van der Waals surface area contributed by atoms with Gasteiger partial charge in [0.05, 0.1) is 28.9 Å². The zero-order valence-electron chi connectivity index (χ0n) is 26.0. The third-order valence-corrected chi connectivity index (χ3v) is 10.2. The van der Waals surface area contributed by atoms with Gasteiger partial charge in [0.2, 0.25) is 20.8 Å². The summed E-state index contributed by atoms with van der Waals surface area (Å²) in [6.07, 6.45) is 12.3. The number of hydrogen-bond acceptors (Lipinski definition) is 9. The SMILES string of the molecule is CC(C)N[C@H]1CC[C@@H](C2C=C(OC(C)C)C(Nc3ncc(Cl)c(Nc4cn(C)nc4S(=O)(=O)C(C)C)n3)=CC2C)CC1. The molecule has 0 aliphatic heterocycles. The van der Waals surface area contributed by atoms with E-state index in [2.05, 4.69) is 63.9 Å². The molecule has 0 amide bonds. The van der Waals surface area contributed by atoms with Crippen LogP contribution in [0, 0.1) is 17.8 Å². The molecule has 232 valence electrons. The Bertz CT molecular complexity index is 1410. The Labute approximate surface area is 255 Å². The minimum absolute atomic E-state index is 0.00300. The molecule has 0 spiro atoms. The number of halogens is 1. The predicted octanol–water partition coefficient (Wildman–Crippen LogP) is 6.22. The molecule has 2 aliphatic carbocycles. The van der Waals surface area contributed by atoms with Gasteiger partial charge in [-0.25, -0.2) is 13.4 Å². The van der Waals surface area contributed by atoms with E-state index in [0.29, 0.717) is 41.5 Å². The summed E-state index contributed by atoms with van der Waals surface area (Å²) in [6.45, 7) is 14.0. The molecule has 42 heavy (non-hydrogen) atoms. The van der Waals surface area contributed by atoms with Crippen LogP contribution in [-0.2, 0) is 21.6 Å². The van der Waals surface area contributed by atoms with E-state index in [0.717, 1.165) is 11.5 Å². The Balaban J connectivity index is 1.55. The molecule has 1 saturated carbocycles. The van der Waals surface area contributed by atoms with Gasteiger partial charge in [0.15, 0.2) is 5.82 Å². The van der Waals surface area contributed by atoms with Crippen LogP contribution < -0.4 is 16.0 Å². The van der Waals surface area contributed by atoms with Gasteiger partial charge in [-0.15, -0.1) is 0 Å². The number of aryl methyl sites for hydroxylation is 1. The van der Waals surface area contributed by atoms with Crippen LogP contribution in [-0.4, -0.2) is 51.6 Å². The predicted molar refractivity (Wildman–Crippen MR) is 169 cm³/mol. The summed E-state index contributed by atoms with van der Waals surface area (Å²) in [5, 5.41) is 13.8. The van der Waals surface area contributed by atoms with Crippen molar-refractivity contribution in [2.75, 3.05) is 10.6 Å². The lowest BCUT2D eigenvalue weighted by molar-refractivity contribution is 0.142. The zero-order valence-corrected chi connectivity index (χ0v) is 27.6. The lowest BCUT2D eigenvalue weighted by atomic mass is 9.71. The Morgan fingerprint density at radius 2 is 1.74 bits per heavy atom. The van der Waals surface area contributed by atoms with Gasteiger partial charge in [-0.2, -0.15) is 10.1 Å². The van der Waals surface area contributed by atoms with Crippen LogP contribution in [0.5, 0.6) is 0 Å². The van der Waals surface area contributed by atoms with Crippen molar-refractivity contribution in [2.24, 2.45) is 24.8 Å². The largest absolute Gasteiger partial charge is 0.489 e. The number of anilines is 3. The standard InChI is InChI=1S/C30H46ClN7O3S/c1-17(2)33-22-11-9-21(10-12-22)23-14-27(41-18(3)4)25(13-20(23)7)35-30-32-15-24(31)28(36-30)34-26-16-38(8)37-29(26)42(39,40)19(5)6/h13-23,33H,9-12H2,1-8H3,(H2,32,34,35,36)/t20?,21-,22+,23?. The maximum atomic E-state index is 12.9. The maximum absolute atomic E-state index is 12.9. The van der Waals surface area contributed by atoms with Gasteiger partial charge in [0.25, 0.3) is 0 Å². The van der Waals surface area contributed by atoms with Crippen molar-refractivity contribution in [3.8, 4) is 0 Å². The van der Waals surface area contributed by atoms with Gasteiger partial charge in [0.1, 0.15) is 10.8 Å². The van der Waals surface area contributed by atoms with Gasteiger partial charge in [-0.05, 0) is 77.2 Å². The number of allylic oxidation sites excluding steroid dienone is 2. The van der Waals surface area contributed by atoms with Crippen LogP contribution in [0.2, 0.25) is 5.02 Å². The van der Waals surface area contributed by atoms with Crippen molar-refractivity contribution in [3.63, 3.8) is 0 Å². The number of ether oxygens (including phenoxy) is 1. The molecule has 2 heterocycles. The summed E-state index contributed by atoms with van der Waals surface area (Å²) in [5.41, 5.74) is 1.11. The lowest BCUT2D eigenvalue weighted by Gasteiger charge is -2.38. The van der Waals surface area contributed by atoms with E-state index >= 15 is 0 Å². The average molecular weight is 620 g/mol. The van der Waals surface area contributed by atoms with E-state index in [-0.39, 0.29) is 22.0 Å². The second-order valence-electron chi connectivity index (χ2n) is 12.4. The normalized spacial score (nSPS) is 23.2. The molecule has 10 nitrogen and oxygen atoms in total. The van der Waals surface area contributed by atoms with Gasteiger partial charge in [-0.3, -0.25) is 4.68 Å². The Hall–Kier alpha value is -2.63. The van der Waals surface area contributed by atoms with E-state index in [4.69, 9.17) is 16.3 Å². The van der Waals surface area contributed by atoms with E-state index < -0.39 is 15.1 Å². The topological polar surface area (TPSA) is 123 Å². The highest BCUT2D eigenvalue weighted by Crippen LogP contribution is 2.40. The van der Waals surface area contributed by atoms with E-state index in [1.54, 1.807) is 27.1 Å². The van der Waals surface area contributed by atoms with Crippen LogP contribution >= 0.6 is 11.6 Å². The molecule has 1 fully saturated rings. The van der Waals surface area contributed by atoms with E-state index in [1.807, 2.05) is 13.8 Å². The van der Waals surface area contributed by atoms with Crippen molar-refractivity contribution >= 4 is 38.9 Å². The lowest BCUT2D eigenvalue weighted by Crippen LogP contribution is -2.39. The third-order valence-electron chi connectivity index (χ3n) is 7.82. The smallest absolute Gasteiger partial charge is 0.229 e. The van der Waals surface area contributed by atoms with Crippen LogP contribution in [0.3, 0.4) is 0 Å². The quantitative estimate of drug-likeness (QED) is 0.269. The minimum Gasteiger partial charge on any atom is -0.489 e. The van der Waals surface area contributed by atoms with Crippen molar-refractivity contribution in [3.05, 3.63) is 41.0 Å². The van der Waals surface area contributed by atoms with E-state index in [9.17, 15) is 8.42 Å². The van der Waals surface area contributed by atoms with Gasteiger partial charge < -0.3 is 20.7 Å². The second kappa shape index (κ2) is 13.3. The Kier molecular flexibility index (Phi) is 10.3. The molecule has 3 N–H and O–H groups in total. The van der Waals surface area contributed by atoms with Crippen LogP contribution in [0.25, 0.3) is 0 Å². The summed E-state index contributed by atoms with van der Waals surface area (Å²) < 4.78 is 33.5. The number of nitrogens with zero attached hydrogens (tertiary/aromatic N) is 4. The zero-order chi connectivity index (χ0) is 30.8. The van der Waals surface area contributed by atoms with Crippen LogP contribution in [0.15, 0.2) is 41.0 Å². The molecule has 2 aliphatic rings. The summed E-state index contributed by atoms with van der Waals surface area (Å²) in [4.78, 5) is 8.99. The van der Waals surface area contributed by atoms with Crippen molar-refractivity contribution in [1.29, 1.82) is 0 Å². The first-order chi connectivity index (χ1) is 19.7. The fourth-order valence-electron chi connectivity index (χ4n) is 5.79. The second-order valence-corrected chi connectivity index (χ2v) is 15.2. The number of sulfone groups is 1. The average Bonchev–Trinajstić information content (AvgIpc) is 3.28. The maximum Gasteiger partial charge on any atom is 0.229 e. The number of hydrogen-bond donors (Lipinski definition) is 3. The minimum atomic E-state index is -3.63. The highest BCUT2D eigenvalue weighted by molar-refractivity contribution is 7.92. The van der Waals surface area contributed by atoms with Crippen molar-refractivity contribution < 1.29 is 13.2 Å². The van der Waals surface area contributed by atoms with E-state index in [1.165, 1.54) is 36.6 Å². The van der Waals surface area contributed by atoms with Crippen LogP contribution in [0.4, 0.5) is 17.5 Å².